The van der Waals surface area contributed by atoms with Crippen molar-refractivity contribution >= 4 is 41.1 Å². The van der Waals surface area contributed by atoms with Crippen molar-refractivity contribution in [1.82, 2.24) is 15.1 Å². The van der Waals surface area contributed by atoms with Gasteiger partial charge in [0.1, 0.15) is 30.0 Å². The third-order valence-corrected chi connectivity index (χ3v) is 19.2. The second-order valence-electron chi connectivity index (χ2n) is 23.7. The summed E-state index contributed by atoms with van der Waals surface area (Å²) in [6, 6.07) is 16.1. The molecule has 0 unspecified atom stereocenters. The lowest BCUT2D eigenvalue weighted by molar-refractivity contribution is -0.318. The third kappa shape index (κ3) is 13.9. The van der Waals surface area contributed by atoms with Gasteiger partial charge in [-0.1, -0.05) is 62.4 Å². The zero-order chi connectivity index (χ0) is 57.2. The Morgan fingerprint density at radius 1 is 0.923 bits per heavy atom. The van der Waals surface area contributed by atoms with E-state index in [4.69, 9.17) is 28.4 Å². The van der Waals surface area contributed by atoms with Crippen LogP contribution in [-0.2, 0) is 38.0 Å². The first-order chi connectivity index (χ1) is 36.7. The fourth-order valence-electron chi connectivity index (χ4n) is 12.3. The predicted molar refractivity (Wildman–Crippen MR) is 304 cm³/mol. The van der Waals surface area contributed by atoms with Crippen LogP contribution >= 0.6 is 23.1 Å². The molecule has 3 fully saturated rings. The number of carbonyl (C=O) groups is 2. The number of hydrogen-bond donors (Lipinski definition) is 6. The lowest BCUT2D eigenvalue weighted by atomic mass is 9.77. The molecule has 5 heterocycles. The van der Waals surface area contributed by atoms with Gasteiger partial charge in [-0.15, -0.1) is 11.3 Å². The van der Waals surface area contributed by atoms with E-state index in [1.165, 1.54) is 39.8 Å². The number of amides is 1. The number of carbonyl (C=O) groups excluding carboxylic acids is 2. The van der Waals surface area contributed by atoms with Crippen LogP contribution in [0.15, 0.2) is 64.4 Å². The normalized spacial score (nSPS) is 37.4. The summed E-state index contributed by atoms with van der Waals surface area (Å²) >= 11 is 3.43. The summed E-state index contributed by atoms with van der Waals surface area (Å²) in [7, 11) is 5.27. The SMILES string of the molecule is CC[C@H]1OC(=O)[C@H](C)[C@@H](O[C@H]2C[C@@](C)(OC)[C@@H](O)[C@H](C)O2)[C@H](C)[C@@H](O[C@@H]2O[C@H](C)C[C@H](N(C)C)[C@H]2O)[C@](C)(O)C[C@@H](C)CN(CCCNC(=O)C=Cc2cc3c(s2)-c2cc(C)ccc2Sc2ccccc2-3)[C@H](C)[C@@H](O)[C@]1(C)O. The minimum Gasteiger partial charge on any atom is -0.459 e. The van der Waals surface area contributed by atoms with Crippen molar-refractivity contribution in [2.75, 3.05) is 40.8 Å². The zero-order valence-electron chi connectivity index (χ0n) is 48.3. The molecule has 0 saturated carbocycles. The van der Waals surface area contributed by atoms with Crippen LogP contribution in [0.2, 0.25) is 0 Å². The van der Waals surface area contributed by atoms with Crippen LogP contribution < -0.4 is 5.32 Å². The van der Waals surface area contributed by atoms with Gasteiger partial charge in [0.05, 0.1) is 41.5 Å². The fraction of sp³-hybridized carbons (Fsp3) is 0.667. The Kier molecular flexibility index (Phi) is 20.7. The standard InChI is InChI=1S/C60H89N3O13S2/c1-15-47-60(11,70)53(66)38(7)63(26-18-25-61-48(64)24-22-40-29-42-41-19-16-17-20-45(41)78-46-23-21-33(2)27-43(46)52(42)77-40)32-34(3)30-58(9,69)55(76-57-50(65)44(62(12)13)28-35(4)72-57)36(5)51(37(6)56(68)74-47)75-49-31-59(10,71-14)54(67)39(8)73-49/h16-17,19-24,27,29,34-39,44,47,49-51,53-55,57,65-67,69-70H,15,18,25-26,28,30-32H2,1-14H3,(H,61,64)/t34-,35-,36+,37-,38-,39+,44+,47-,49+,50-,51+,53-,54+,55-,57+,58-,59-,60-/m1/s1. The van der Waals surface area contributed by atoms with Gasteiger partial charge < -0.3 is 64.2 Å². The van der Waals surface area contributed by atoms with Crippen molar-refractivity contribution in [3.63, 3.8) is 0 Å². The van der Waals surface area contributed by atoms with E-state index in [1.54, 1.807) is 63.8 Å². The van der Waals surface area contributed by atoms with Gasteiger partial charge in [-0.05, 0) is 137 Å². The average Bonchev–Trinajstić information content (AvgIpc) is 3.79. The van der Waals surface area contributed by atoms with E-state index in [0.29, 0.717) is 32.5 Å². The number of likely N-dealkylation sites (N-methyl/N-ethyl adjacent to an activating group) is 1. The monoisotopic (exact) mass is 1120 g/mol. The number of esters is 1. The van der Waals surface area contributed by atoms with E-state index in [9.17, 15) is 35.1 Å². The highest BCUT2D eigenvalue weighted by molar-refractivity contribution is 7.99. The first kappa shape index (κ1) is 62.3. The highest BCUT2D eigenvalue weighted by Crippen LogP contribution is 2.51. The highest BCUT2D eigenvalue weighted by Gasteiger charge is 2.53. The van der Waals surface area contributed by atoms with Crippen molar-refractivity contribution in [1.29, 1.82) is 0 Å². The smallest absolute Gasteiger partial charge is 0.311 e. The molecule has 78 heavy (non-hydrogen) atoms. The Hall–Kier alpha value is -3.31. The number of nitrogens with one attached hydrogen (secondary N) is 1. The number of benzene rings is 2. The summed E-state index contributed by atoms with van der Waals surface area (Å²) in [5, 5.41) is 63.5. The molecule has 4 aliphatic heterocycles. The molecule has 7 rings (SSSR count). The van der Waals surface area contributed by atoms with E-state index in [-0.39, 0.29) is 43.2 Å². The van der Waals surface area contributed by atoms with Crippen molar-refractivity contribution in [2.45, 2.75) is 208 Å². The van der Waals surface area contributed by atoms with Gasteiger partial charge in [-0.25, -0.2) is 0 Å². The maximum atomic E-state index is 14.7. The molecular weight excluding hydrogens is 1030 g/mol. The van der Waals surface area contributed by atoms with Crippen LogP contribution in [0, 0.1) is 24.7 Å². The van der Waals surface area contributed by atoms with Crippen molar-refractivity contribution in [3.8, 4) is 21.6 Å². The molecule has 16 nitrogen and oxygen atoms in total. The number of rotatable bonds is 13. The van der Waals surface area contributed by atoms with Crippen molar-refractivity contribution in [3.05, 3.63) is 65.0 Å². The molecule has 18 heteroatoms. The predicted octanol–water partition coefficient (Wildman–Crippen LogP) is 7.66. The van der Waals surface area contributed by atoms with Gasteiger partial charge in [0.2, 0.25) is 5.91 Å². The summed E-state index contributed by atoms with van der Waals surface area (Å²) in [6.45, 7) is 20.7. The summed E-state index contributed by atoms with van der Waals surface area (Å²) < 4.78 is 38.3. The maximum absolute atomic E-state index is 14.7. The fourth-order valence-corrected chi connectivity index (χ4v) is 14.6. The van der Waals surface area contributed by atoms with E-state index < -0.39 is 96.0 Å². The number of aryl methyl sites for hydroxylation is 1. The number of methoxy groups -OCH3 is 1. The molecule has 0 bridgehead atoms. The minimum absolute atomic E-state index is 0.0968. The molecule has 434 valence electrons. The number of cyclic esters (lactones) is 1. The van der Waals surface area contributed by atoms with Gasteiger partial charge in [0.25, 0.3) is 0 Å². The molecule has 0 aliphatic carbocycles. The summed E-state index contributed by atoms with van der Waals surface area (Å²) in [6.07, 6.45) is -5.23. The number of ether oxygens (including phenoxy) is 6. The van der Waals surface area contributed by atoms with Crippen molar-refractivity contribution < 1.29 is 63.5 Å². The van der Waals surface area contributed by atoms with Gasteiger partial charge in [-0.2, -0.15) is 0 Å². The Bertz CT molecular complexity index is 2540. The molecule has 0 radical (unpaired) electrons. The number of fused-ring (bicyclic) bond motifs is 5. The van der Waals surface area contributed by atoms with E-state index in [0.717, 1.165) is 16.0 Å². The van der Waals surface area contributed by atoms with Crippen molar-refractivity contribution in [2.24, 2.45) is 17.8 Å². The average molecular weight is 1120 g/mol. The second kappa shape index (κ2) is 25.9. The Morgan fingerprint density at radius 2 is 1.63 bits per heavy atom. The third-order valence-electron chi connectivity index (χ3n) is 16.9. The summed E-state index contributed by atoms with van der Waals surface area (Å²) in [4.78, 5) is 36.6. The molecule has 0 spiro atoms. The maximum Gasteiger partial charge on any atom is 0.311 e. The molecule has 3 saturated heterocycles. The second-order valence-corrected chi connectivity index (χ2v) is 25.9. The Balaban J connectivity index is 1.14. The lowest BCUT2D eigenvalue weighted by Crippen LogP contribution is -2.60. The van der Waals surface area contributed by atoms with E-state index in [1.807, 2.05) is 57.7 Å². The van der Waals surface area contributed by atoms with Gasteiger partial charge in [0, 0.05) is 87.9 Å². The first-order valence-electron chi connectivity index (χ1n) is 27.9. The van der Waals surface area contributed by atoms with Crippen LogP contribution in [0.3, 0.4) is 0 Å². The van der Waals surface area contributed by atoms with Crippen LogP contribution in [0.25, 0.3) is 27.6 Å². The van der Waals surface area contributed by atoms with E-state index in [2.05, 4.69) is 60.8 Å². The number of aliphatic hydroxyl groups is 5. The number of nitrogens with zero attached hydrogens (tertiary/aromatic N) is 2. The molecule has 2 aromatic carbocycles. The molecule has 4 aliphatic rings. The van der Waals surface area contributed by atoms with E-state index >= 15 is 0 Å². The quantitative estimate of drug-likeness (QED) is 0.0431. The lowest BCUT2D eigenvalue weighted by Gasteiger charge is -2.48. The molecule has 1 amide bonds. The number of hydrogen-bond acceptors (Lipinski definition) is 17. The largest absolute Gasteiger partial charge is 0.459 e. The minimum atomic E-state index is -1.93. The Morgan fingerprint density at radius 3 is 2.32 bits per heavy atom. The molecule has 1 aromatic heterocycles. The highest BCUT2D eigenvalue weighted by atomic mass is 32.2. The molecule has 6 N–H and O–H groups in total. The van der Waals surface area contributed by atoms with Crippen LogP contribution in [-0.4, -0.2) is 178 Å². The first-order valence-corrected chi connectivity index (χ1v) is 29.6. The Labute approximate surface area is 471 Å². The number of aliphatic hydroxyl groups excluding tert-OH is 3. The van der Waals surface area contributed by atoms with Crippen LogP contribution in [0.4, 0.5) is 0 Å². The molecule has 18 atom stereocenters. The molecule has 3 aromatic rings. The van der Waals surface area contributed by atoms with Gasteiger partial charge in [0.15, 0.2) is 12.6 Å². The molecular formula is C60H89N3O13S2. The van der Waals surface area contributed by atoms with Crippen LogP contribution in [0.1, 0.15) is 112 Å². The van der Waals surface area contributed by atoms with Gasteiger partial charge >= 0.3 is 5.97 Å². The van der Waals surface area contributed by atoms with Gasteiger partial charge in [-0.3, -0.25) is 14.5 Å². The summed E-state index contributed by atoms with van der Waals surface area (Å²) in [5.74, 6) is -3.16. The summed E-state index contributed by atoms with van der Waals surface area (Å²) in [5.41, 5.74) is -0.00175. The number of thiophene rings is 1. The van der Waals surface area contributed by atoms with Crippen LogP contribution in [0.5, 0.6) is 0 Å². The topological polar surface area (TPSA) is 209 Å². The zero-order valence-corrected chi connectivity index (χ0v) is 49.9.